The van der Waals surface area contributed by atoms with Crippen LogP contribution in [0.25, 0.3) is 44.0 Å². The summed E-state index contributed by atoms with van der Waals surface area (Å²) in [4.78, 5) is 4.74. The molecule has 2 heterocycles. The van der Waals surface area contributed by atoms with Crippen LogP contribution in [0.1, 0.15) is 42.7 Å². The molecule has 2 aromatic heterocycles. The molecule has 1 aliphatic carbocycles. The number of fused-ring (bicyclic) bond motifs is 4. The summed E-state index contributed by atoms with van der Waals surface area (Å²) in [6, 6.07) is 23.0. The van der Waals surface area contributed by atoms with Gasteiger partial charge in [-0.25, -0.2) is 0 Å². The topological polar surface area (TPSA) is 49.8 Å². The number of nitriles is 1. The second-order valence-electron chi connectivity index (χ2n) is 8.20. The number of hydrogen-bond donors (Lipinski definition) is 0. The zero-order valence-electron chi connectivity index (χ0n) is 16.6. The standard InChI is InChI=1S/C27H20N2O/c28-16-20-7-3-8-22-23-9-4-10-24(27(23)30-26(20)22)25-21-12-11-18(17-5-1-2-6-17)15-19(21)13-14-29-25/h3-4,7-15,17H,1-2,5-6H2. The molecule has 0 radical (unpaired) electrons. The van der Waals surface area contributed by atoms with Crippen LogP contribution < -0.4 is 0 Å². The molecule has 0 N–H and O–H groups in total. The molecule has 144 valence electrons. The molecule has 0 saturated heterocycles. The summed E-state index contributed by atoms with van der Waals surface area (Å²) in [5, 5.41) is 13.8. The Kier molecular flexibility index (Phi) is 3.86. The van der Waals surface area contributed by atoms with Crippen LogP contribution in [0.5, 0.6) is 0 Å². The van der Waals surface area contributed by atoms with Crippen LogP contribution >= 0.6 is 0 Å². The van der Waals surface area contributed by atoms with E-state index in [1.807, 2.05) is 24.4 Å². The maximum atomic E-state index is 9.48. The molecule has 1 saturated carbocycles. The van der Waals surface area contributed by atoms with Gasteiger partial charge >= 0.3 is 0 Å². The van der Waals surface area contributed by atoms with E-state index in [1.165, 1.54) is 36.6 Å². The van der Waals surface area contributed by atoms with E-state index >= 15 is 0 Å². The minimum absolute atomic E-state index is 0.557. The van der Waals surface area contributed by atoms with Gasteiger partial charge in [0, 0.05) is 27.9 Å². The number of rotatable bonds is 2. The number of hydrogen-bond acceptors (Lipinski definition) is 3. The molecular weight excluding hydrogens is 368 g/mol. The maximum Gasteiger partial charge on any atom is 0.153 e. The zero-order chi connectivity index (χ0) is 20.1. The van der Waals surface area contributed by atoms with Crippen molar-refractivity contribution in [2.45, 2.75) is 31.6 Å². The summed E-state index contributed by atoms with van der Waals surface area (Å²) in [6.07, 6.45) is 7.15. The van der Waals surface area contributed by atoms with E-state index in [-0.39, 0.29) is 0 Å². The van der Waals surface area contributed by atoms with Crippen molar-refractivity contribution < 1.29 is 4.42 Å². The van der Waals surface area contributed by atoms with Crippen molar-refractivity contribution in [1.82, 2.24) is 4.98 Å². The molecular formula is C27H20N2O. The smallest absolute Gasteiger partial charge is 0.153 e. The van der Waals surface area contributed by atoms with Crippen molar-refractivity contribution in [1.29, 1.82) is 5.26 Å². The van der Waals surface area contributed by atoms with Gasteiger partial charge in [-0.1, -0.05) is 55.3 Å². The molecule has 3 aromatic carbocycles. The summed E-state index contributed by atoms with van der Waals surface area (Å²) < 4.78 is 6.25. The third kappa shape index (κ3) is 2.54. The van der Waals surface area contributed by atoms with Gasteiger partial charge in [0.05, 0.1) is 11.3 Å². The van der Waals surface area contributed by atoms with E-state index in [1.54, 1.807) is 6.07 Å². The molecule has 1 fully saturated rings. The fourth-order valence-electron chi connectivity index (χ4n) is 5.02. The summed E-state index contributed by atoms with van der Waals surface area (Å²) >= 11 is 0. The van der Waals surface area contributed by atoms with E-state index in [0.29, 0.717) is 17.1 Å². The molecule has 0 amide bonds. The third-order valence-corrected chi connectivity index (χ3v) is 6.51. The molecule has 3 nitrogen and oxygen atoms in total. The summed E-state index contributed by atoms with van der Waals surface area (Å²) in [5.74, 6) is 0.689. The number of pyridine rings is 1. The Bertz CT molecular complexity index is 1470. The fraction of sp³-hybridized carbons (Fsp3) is 0.185. The van der Waals surface area contributed by atoms with Gasteiger partial charge in [-0.2, -0.15) is 5.26 Å². The largest absolute Gasteiger partial charge is 0.454 e. The SMILES string of the molecule is N#Cc1cccc2c1oc1c(-c3nccc4cc(C5CCCC5)ccc34)cccc12. The van der Waals surface area contributed by atoms with Crippen LogP contribution in [0.3, 0.4) is 0 Å². The lowest BCUT2D eigenvalue weighted by Crippen LogP contribution is -1.93. The lowest BCUT2D eigenvalue weighted by atomic mass is 9.94. The molecule has 1 aliphatic rings. The highest BCUT2D eigenvalue weighted by molar-refractivity contribution is 6.12. The first-order valence-corrected chi connectivity index (χ1v) is 10.6. The van der Waals surface area contributed by atoms with Crippen LogP contribution in [-0.2, 0) is 0 Å². The van der Waals surface area contributed by atoms with E-state index in [2.05, 4.69) is 42.5 Å². The van der Waals surface area contributed by atoms with Gasteiger partial charge in [0.25, 0.3) is 0 Å². The van der Waals surface area contributed by atoms with Crippen LogP contribution in [0.15, 0.2) is 71.3 Å². The van der Waals surface area contributed by atoms with Gasteiger partial charge in [-0.05, 0) is 47.9 Å². The number of para-hydroxylation sites is 2. The predicted molar refractivity (Wildman–Crippen MR) is 120 cm³/mol. The molecule has 0 unspecified atom stereocenters. The Morgan fingerprint density at radius 3 is 2.50 bits per heavy atom. The lowest BCUT2D eigenvalue weighted by molar-refractivity contribution is 0.668. The molecule has 0 bridgehead atoms. The van der Waals surface area contributed by atoms with Gasteiger partial charge in [0.15, 0.2) is 5.58 Å². The van der Waals surface area contributed by atoms with Crippen molar-refractivity contribution in [2.75, 3.05) is 0 Å². The highest BCUT2D eigenvalue weighted by Gasteiger charge is 2.19. The average molecular weight is 388 g/mol. The Hall–Kier alpha value is -3.64. The van der Waals surface area contributed by atoms with Crippen molar-refractivity contribution in [3.05, 3.63) is 78.0 Å². The molecule has 30 heavy (non-hydrogen) atoms. The molecule has 6 rings (SSSR count). The van der Waals surface area contributed by atoms with Gasteiger partial charge in [0.1, 0.15) is 11.7 Å². The van der Waals surface area contributed by atoms with Gasteiger partial charge in [-0.3, -0.25) is 4.98 Å². The van der Waals surface area contributed by atoms with Crippen LogP contribution in [-0.4, -0.2) is 4.98 Å². The van der Waals surface area contributed by atoms with Gasteiger partial charge < -0.3 is 4.42 Å². The number of aromatic nitrogens is 1. The third-order valence-electron chi connectivity index (χ3n) is 6.51. The second-order valence-corrected chi connectivity index (χ2v) is 8.20. The molecule has 0 spiro atoms. The number of nitrogens with zero attached hydrogens (tertiary/aromatic N) is 2. The van der Waals surface area contributed by atoms with E-state index < -0.39 is 0 Å². The highest BCUT2D eigenvalue weighted by Crippen LogP contribution is 2.40. The van der Waals surface area contributed by atoms with Crippen molar-refractivity contribution >= 4 is 32.7 Å². The first-order valence-electron chi connectivity index (χ1n) is 10.6. The Labute approximate surface area is 174 Å². The first-order chi connectivity index (χ1) is 14.8. The molecule has 0 atom stereocenters. The van der Waals surface area contributed by atoms with Crippen LogP contribution in [0, 0.1) is 11.3 Å². The Morgan fingerprint density at radius 2 is 1.67 bits per heavy atom. The first kappa shape index (κ1) is 17.2. The zero-order valence-corrected chi connectivity index (χ0v) is 16.6. The summed E-state index contributed by atoms with van der Waals surface area (Å²) in [7, 11) is 0. The Balaban J connectivity index is 1.59. The van der Waals surface area contributed by atoms with E-state index in [0.717, 1.165) is 33.0 Å². The van der Waals surface area contributed by atoms with Gasteiger partial charge in [0.2, 0.25) is 0 Å². The quantitative estimate of drug-likeness (QED) is 0.318. The van der Waals surface area contributed by atoms with Crippen molar-refractivity contribution in [2.24, 2.45) is 0 Å². The minimum atomic E-state index is 0.557. The van der Waals surface area contributed by atoms with Crippen molar-refractivity contribution in [3.63, 3.8) is 0 Å². The normalized spacial score (nSPS) is 14.6. The van der Waals surface area contributed by atoms with Gasteiger partial charge in [-0.15, -0.1) is 0 Å². The molecule has 5 aromatic rings. The summed E-state index contributed by atoms with van der Waals surface area (Å²) in [6.45, 7) is 0. The maximum absolute atomic E-state index is 9.48. The second kappa shape index (κ2) is 6.71. The monoisotopic (exact) mass is 388 g/mol. The number of furan rings is 1. The van der Waals surface area contributed by atoms with Crippen molar-refractivity contribution in [3.8, 4) is 17.3 Å². The highest BCUT2D eigenvalue weighted by atomic mass is 16.3. The lowest BCUT2D eigenvalue weighted by Gasteiger charge is -2.12. The Morgan fingerprint density at radius 1 is 0.867 bits per heavy atom. The van der Waals surface area contributed by atoms with Crippen LogP contribution in [0.4, 0.5) is 0 Å². The molecule has 3 heteroatoms. The minimum Gasteiger partial charge on any atom is -0.454 e. The summed E-state index contributed by atoms with van der Waals surface area (Å²) in [5.41, 5.74) is 5.32. The van der Waals surface area contributed by atoms with E-state index in [9.17, 15) is 5.26 Å². The van der Waals surface area contributed by atoms with E-state index in [4.69, 9.17) is 9.40 Å². The van der Waals surface area contributed by atoms with Crippen LogP contribution in [0.2, 0.25) is 0 Å². The molecule has 0 aliphatic heterocycles. The average Bonchev–Trinajstić information content (AvgIpc) is 3.46. The number of benzene rings is 3. The fourth-order valence-corrected chi connectivity index (χ4v) is 5.02. The predicted octanol–water partition coefficient (Wildman–Crippen LogP) is 7.33.